The van der Waals surface area contributed by atoms with Crippen LogP contribution in [0.15, 0.2) is 48.5 Å². The van der Waals surface area contributed by atoms with Gasteiger partial charge in [0.05, 0.1) is 12.2 Å². The largest absolute Gasteiger partial charge is 0.490 e. The van der Waals surface area contributed by atoms with E-state index in [-0.39, 0.29) is 5.91 Å². The maximum absolute atomic E-state index is 12.6. The lowest BCUT2D eigenvalue weighted by Crippen LogP contribution is -2.15. The molecule has 0 aliphatic rings. The van der Waals surface area contributed by atoms with Crippen LogP contribution < -0.4 is 10.1 Å². The lowest BCUT2D eigenvalue weighted by molar-refractivity contribution is 0.0998. The third kappa shape index (κ3) is 5.10. The van der Waals surface area contributed by atoms with Crippen LogP contribution in [0.5, 0.6) is 5.75 Å². The Hall–Kier alpha value is -2.33. The number of ether oxygens (including phenoxy) is 2. The summed E-state index contributed by atoms with van der Waals surface area (Å²) in [6.45, 7) is 7.76. The van der Waals surface area contributed by atoms with E-state index in [1.165, 1.54) is 5.56 Å². The van der Waals surface area contributed by atoms with Gasteiger partial charge in [0.1, 0.15) is 12.4 Å². The number of para-hydroxylation sites is 1. The lowest BCUT2D eigenvalue weighted by atomic mass is 10.0. The molecule has 2 aromatic rings. The van der Waals surface area contributed by atoms with Gasteiger partial charge < -0.3 is 14.8 Å². The molecule has 0 heterocycles. The zero-order valence-corrected chi connectivity index (χ0v) is 14.5. The minimum Gasteiger partial charge on any atom is -0.490 e. The third-order valence-electron chi connectivity index (χ3n) is 3.63. The van der Waals surface area contributed by atoms with Gasteiger partial charge in [-0.05, 0) is 42.7 Å². The van der Waals surface area contributed by atoms with Gasteiger partial charge >= 0.3 is 0 Å². The first kappa shape index (κ1) is 18.0. The van der Waals surface area contributed by atoms with E-state index in [1.54, 1.807) is 12.1 Å². The molecule has 0 radical (unpaired) electrons. The Morgan fingerprint density at radius 2 is 1.88 bits per heavy atom. The fraction of sp³-hybridized carbons (Fsp3) is 0.350. The molecule has 2 aromatic carbocycles. The van der Waals surface area contributed by atoms with E-state index in [0.717, 1.165) is 5.69 Å². The lowest BCUT2D eigenvalue weighted by Gasteiger charge is -2.13. The first-order valence-corrected chi connectivity index (χ1v) is 8.32. The first-order valence-electron chi connectivity index (χ1n) is 8.32. The predicted octanol–water partition coefficient (Wildman–Crippen LogP) is 4.48. The van der Waals surface area contributed by atoms with Gasteiger partial charge in [-0.25, -0.2) is 0 Å². The summed E-state index contributed by atoms with van der Waals surface area (Å²) >= 11 is 0. The van der Waals surface area contributed by atoms with E-state index < -0.39 is 0 Å². The number of rotatable bonds is 8. The Labute approximate surface area is 143 Å². The molecule has 4 heteroatoms. The van der Waals surface area contributed by atoms with Crippen LogP contribution in [-0.4, -0.2) is 25.7 Å². The van der Waals surface area contributed by atoms with Crippen LogP contribution in [0.4, 0.5) is 5.69 Å². The molecule has 1 amide bonds. The van der Waals surface area contributed by atoms with Crippen LogP contribution in [-0.2, 0) is 4.74 Å². The number of nitrogens with one attached hydrogen (secondary N) is 1. The molecule has 1 N–H and O–H groups in total. The number of hydrogen-bond acceptors (Lipinski definition) is 3. The Morgan fingerprint density at radius 3 is 2.62 bits per heavy atom. The fourth-order valence-electron chi connectivity index (χ4n) is 2.31. The predicted molar refractivity (Wildman–Crippen MR) is 96.9 cm³/mol. The van der Waals surface area contributed by atoms with Crippen molar-refractivity contribution in [3.8, 4) is 5.75 Å². The van der Waals surface area contributed by atoms with E-state index in [1.807, 2.05) is 37.3 Å². The van der Waals surface area contributed by atoms with Crippen molar-refractivity contribution < 1.29 is 14.3 Å². The second-order valence-corrected chi connectivity index (χ2v) is 5.78. The SMILES string of the molecule is CCOCCOc1ccccc1C(=O)Nc1cccc(C(C)C)c1. The molecule has 0 bridgehead atoms. The number of carbonyl (C=O) groups is 1. The molecule has 0 aromatic heterocycles. The summed E-state index contributed by atoms with van der Waals surface area (Å²) in [6, 6.07) is 15.1. The standard InChI is InChI=1S/C20H25NO3/c1-4-23-12-13-24-19-11-6-5-10-18(19)20(22)21-17-9-7-8-16(14-17)15(2)3/h5-11,14-15H,4,12-13H2,1-3H3,(H,21,22). The Morgan fingerprint density at radius 1 is 1.08 bits per heavy atom. The monoisotopic (exact) mass is 327 g/mol. The molecule has 0 saturated carbocycles. The van der Waals surface area contributed by atoms with Gasteiger partial charge in [0, 0.05) is 12.3 Å². The highest BCUT2D eigenvalue weighted by Crippen LogP contribution is 2.22. The number of anilines is 1. The van der Waals surface area contributed by atoms with Gasteiger partial charge in [0.25, 0.3) is 5.91 Å². The van der Waals surface area contributed by atoms with Crippen molar-refractivity contribution in [3.05, 3.63) is 59.7 Å². The molecule has 0 unspecified atom stereocenters. The van der Waals surface area contributed by atoms with Crippen molar-refractivity contribution in [3.63, 3.8) is 0 Å². The molecular weight excluding hydrogens is 302 g/mol. The summed E-state index contributed by atoms with van der Waals surface area (Å²) in [7, 11) is 0. The third-order valence-corrected chi connectivity index (χ3v) is 3.63. The normalized spacial score (nSPS) is 10.7. The smallest absolute Gasteiger partial charge is 0.259 e. The highest BCUT2D eigenvalue weighted by Gasteiger charge is 2.13. The van der Waals surface area contributed by atoms with E-state index in [2.05, 4.69) is 25.2 Å². The van der Waals surface area contributed by atoms with Crippen molar-refractivity contribution in [2.75, 3.05) is 25.1 Å². The molecule has 24 heavy (non-hydrogen) atoms. The summed E-state index contributed by atoms with van der Waals surface area (Å²) in [5.74, 6) is 0.800. The maximum Gasteiger partial charge on any atom is 0.259 e. The summed E-state index contributed by atoms with van der Waals surface area (Å²) < 4.78 is 10.9. The van der Waals surface area contributed by atoms with Crippen molar-refractivity contribution >= 4 is 11.6 Å². The van der Waals surface area contributed by atoms with E-state index in [4.69, 9.17) is 9.47 Å². The molecule has 0 saturated heterocycles. The highest BCUT2D eigenvalue weighted by molar-refractivity contribution is 6.06. The van der Waals surface area contributed by atoms with Gasteiger partial charge in [-0.2, -0.15) is 0 Å². The summed E-state index contributed by atoms with van der Waals surface area (Å²) in [5, 5.41) is 2.95. The van der Waals surface area contributed by atoms with Crippen molar-refractivity contribution in [1.82, 2.24) is 0 Å². The van der Waals surface area contributed by atoms with Gasteiger partial charge in [-0.3, -0.25) is 4.79 Å². The minimum atomic E-state index is -0.178. The van der Waals surface area contributed by atoms with Crippen LogP contribution in [0.25, 0.3) is 0 Å². The highest BCUT2D eigenvalue weighted by atomic mass is 16.5. The fourth-order valence-corrected chi connectivity index (χ4v) is 2.31. The molecule has 4 nitrogen and oxygen atoms in total. The maximum atomic E-state index is 12.6. The summed E-state index contributed by atoms with van der Waals surface area (Å²) in [4.78, 5) is 12.6. The molecule has 0 atom stereocenters. The Bertz CT molecular complexity index is 667. The van der Waals surface area contributed by atoms with E-state index in [0.29, 0.717) is 37.1 Å². The Balaban J connectivity index is 2.08. The van der Waals surface area contributed by atoms with Crippen LogP contribution in [0, 0.1) is 0 Å². The van der Waals surface area contributed by atoms with Crippen LogP contribution >= 0.6 is 0 Å². The molecule has 0 fully saturated rings. The molecule has 0 aliphatic heterocycles. The first-order chi connectivity index (χ1) is 11.6. The average molecular weight is 327 g/mol. The number of benzene rings is 2. The molecular formula is C20H25NO3. The van der Waals surface area contributed by atoms with Gasteiger partial charge in [-0.15, -0.1) is 0 Å². The van der Waals surface area contributed by atoms with Crippen LogP contribution in [0.2, 0.25) is 0 Å². The van der Waals surface area contributed by atoms with Crippen molar-refractivity contribution in [1.29, 1.82) is 0 Å². The quantitative estimate of drug-likeness (QED) is 0.727. The molecule has 2 rings (SSSR count). The number of carbonyl (C=O) groups excluding carboxylic acids is 1. The number of amides is 1. The Kier molecular flexibility index (Phi) is 6.82. The van der Waals surface area contributed by atoms with Crippen molar-refractivity contribution in [2.45, 2.75) is 26.7 Å². The second kappa shape index (κ2) is 9.08. The minimum absolute atomic E-state index is 0.178. The van der Waals surface area contributed by atoms with Crippen LogP contribution in [0.3, 0.4) is 0 Å². The van der Waals surface area contributed by atoms with E-state index in [9.17, 15) is 4.79 Å². The molecule has 0 aliphatic carbocycles. The summed E-state index contributed by atoms with van der Waals surface area (Å²) in [6.07, 6.45) is 0. The average Bonchev–Trinajstić information content (AvgIpc) is 2.59. The van der Waals surface area contributed by atoms with Gasteiger partial charge in [0.2, 0.25) is 0 Å². The zero-order valence-electron chi connectivity index (χ0n) is 14.5. The van der Waals surface area contributed by atoms with Crippen molar-refractivity contribution in [2.24, 2.45) is 0 Å². The van der Waals surface area contributed by atoms with Crippen LogP contribution in [0.1, 0.15) is 42.6 Å². The van der Waals surface area contributed by atoms with Gasteiger partial charge in [-0.1, -0.05) is 38.1 Å². The molecule has 0 spiro atoms. The zero-order chi connectivity index (χ0) is 17.4. The summed E-state index contributed by atoms with van der Waals surface area (Å²) in [5.41, 5.74) is 2.49. The topological polar surface area (TPSA) is 47.6 Å². The second-order valence-electron chi connectivity index (χ2n) is 5.78. The van der Waals surface area contributed by atoms with Gasteiger partial charge in [0.15, 0.2) is 0 Å². The van der Waals surface area contributed by atoms with E-state index >= 15 is 0 Å². The number of hydrogen-bond donors (Lipinski definition) is 1. The molecule has 128 valence electrons.